The third-order valence-corrected chi connectivity index (χ3v) is 4.25. The van der Waals surface area contributed by atoms with Crippen molar-refractivity contribution in [2.75, 3.05) is 0 Å². The van der Waals surface area contributed by atoms with Crippen LogP contribution in [-0.2, 0) is 11.2 Å². The molecule has 0 spiro atoms. The van der Waals surface area contributed by atoms with Crippen molar-refractivity contribution in [1.29, 1.82) is 0 Å². The zero-order chi connectivity index (χ0) is 13.7. The van der Waals surface area contributed by atoms with Crippen LogP contribution in [0.15, 0.2) is 55.3 Å². The number of benzene rings is 1. The van der Waals surface area contributed by atoms with E-state index < -0.39 is 0 Å². The van der Waals surface area contributed by atoms with Gasteiger partial charge >= 0.3 is 0 Å². The lowest BCUT2D eigenvalue weighted by molar-refractivity contribution is -0.120. The third-order valence-electron chi connectivity index (χ3n) is 2.32. The molecule has 1 amide bonds. The van der Waals surface area contributed by atoms with E-state index in [2.05, 4.69) is 42.4 Å². The molecule has 0 aliphatic rings. The molecule has 0 aliphatic carbocycles. The van der Waals surface area contributed by atoms with E-state index >= 15 is 0 Å². The molecular weight excluding hydrogens is 376 g/mol. The highest BCUT2D eigenvalue weighted by Gasteiger charge is 2.06. The number of nitrogens with zero attached hydrogens (tertiary/aromatic N) is 1. The largest absolute Gasteiger partial charge is 0.456 e. The number of hydrogen-bond donors (Lipinski definition) is 1. The van der Waals surface area contributed by atoms with E-state index in [9.17, 15) is 4.79 Å². The van der Waals surface area contributed by atoms with Crippen LogP contribution in [-0.4, -0.2) is 12.1 Å². The Balaban J connectivity index is 1.89. The van der Waals surface area contributed by atoms with Crippen LogP contribution in [0, 0.1) is 0 Å². The topological polar surface area (TPSA) is 54.6 Å². The van der Waals surface area contributed by atoms with Crippen molar-refractivity contribution in [2.24, 2.45) is 5.10 Å². The number of furan rings is 1. The normalized spacial score (nSPS) is 10.8. The van der Waals surface area contributed by atoms with Gasteiger partial charge < -0.3 is 4.42 Å². The SMILES string of the molecule is O=C(Cc1ccccc1)NN=Cc1coc(Br)c1Br. The van der Waals surface area contributed by atoms with Crippen molar-refractivity contribution >= 4 is 44.0 Å². The molecule has 1 aromatic heterocycles. The van der Waals surface area contributed by atoms with Gasteiger partial charge in [0.15, 0.2) is 4.67 Å². The van der Waals surface area contributed by atoms with E-state index in [1.165, 1.54) is 12.5 Å². The van der Waals surface area contributed by atoms with Crippen LogP contribution in [0.3, 0.4) is 0 Å². The first-order valence-corrected chi connectivity index (χ1v) is 7.03. The summed E-state index contributed by atoms with van der Waals surface area (Å²) < 4.78 is 6.46. The predicted molar refractivity (Wildman–Crippen MR) is 80.0 cm³/mol. The summed E-state index contributed by atoms with van der Waals surface area (Å²) >= 11 is 6.55. The molecule has 1 N–H and O–H groups in total. The number of carbonyl (C=O) groups excluding carboxylic acids is 1. The Morgan fingerprint density at radius 2 is 2.05 bits per heavy atom. The molecular formula is C13H10Br2N2O2. The minimum Gasteiger partial charge on any atom is -0.456 e. The summed E-state index contributed by atoms with van der Waals surface area (Å²) in [6.07, 6.45) is 3.34. The Hall–Kier alpha value is -1.40. The third kappa shape index (κ3) is 4.04. The number of rotatable bonds is 4. The Morgan fingerprint density at radius 3 is 2.68 bits per heavy atom. The maximum absolute atomic E-state index is 11.6. The fourth-order valence-electron chi connectivity index (χ4n) is 1.41. The van der Waals surface area contributed by atoms with E-state index in [0.717, 1.165) is 15.6 Å². The van der Waals surface area contributed by atoms with Gasteiger partial charge in [-0.15, -0.1) is 0 Å². The number of nitrogens with one attached hydrogen (secondary N) is 1. The summed E-state index contributed by atoms with van der Waals surface area (Å²) in [5.41, 5.74) is 4.16. The first kappa shape index (κ1) is 14.0. The second-order valence-corrected chi connectivity index (χ2v) is 5.25. The van der Waals surface area contributed by atoms with Gasteiger partial charge in [-0.2, -0.15) is 5.10 Å². The molecule has 4 nitrogen and oxygen atoms in total. The van der Waals surface area contributed by atoms with Gasteiger partial charge in [0.05, 0.1) is 17.1 Å². The lowest BCUT2D eigenvalue weighted by atomic mass is 10.1. The average molecular weight is 386 g/mol. The summed E-state index contributed by atoms with van der Waals surface area (Å²) in [6, 6.07) is 9.49. The summed E-state index contributed by atoms with van der Waals surface area (Å²) in [4.78, 5) is 11.6. The zero-order valence-corrected chi connectivity index (χ0v) is 12.9. The monoisotopic (exact) mass is 384 g/mol. The molecule has 2 rings (SSSR count). The Bertz CT molecular complexity index is 594. The van der Waals surface area contributed by atoms with Crippen LogP contribution in [0.4, 0.5) is 0 Å². The Morgan fingerprint density at radius 1 is 1.32 bits per heavy atom. The van der Waals surface area contributed by atoms with Crippen LogP contribution in [0.2, 0.25) is 0 Å². The van der Waals surface area contributed by atoms with Crippen LogP contribution in [0.5, 0.6) is 0 Å². The van der Waals surface area contributed by atoms with Gasteiger partial charge in [-0.05, 0) is 37.4 Å². The molecule has 1 aromatic carbocycles. The first-order chi connectivity index (χ1) is 9.16. The molecule has 0 unspecified atom stereocenters. The molecule has 0 radical (unpaired) electrons. The highest BCUT2D eigenvalue weighted by Crippen LogP contribution is 2.27. The van der Waals surface area contributed by atoms with Gasteiger partial charge in [-0.1, -0.05) is 30.3 Å². The molecule has 98 valence electrons. The zero-order valence-electron chi connectivity index (χ0n) is 9.77. The van der Waals surface area contributed by atoms with E-state index in [1.807, 2.05) is 30.3 Å². The second-order valence-electron chi connectivity index (χ2n) is 3.73. The van der Waals surface area contributed by atoms with E-state index in [1.54, 1.807) is 0 Å². The van der Waals surface area contributed by atoms with Gasteiger partial charge in [0, 0.05) is 5.56 Å². The fraction of sp³-hybridized carbons (Fsp3) is 0.0769. The first-order valence-electron chi connectivity index (χ1n) is 5.45. The second kappa shape index (κ2) is 6.68. The van der Waals surface area contributed by atoms with Crippen LogP contribution in [0.25, 0.3) is 0 Å². The van der Waals surface area contributed by atoms with Crippen LogP contribution < -0.4 is 5.43 Å². The highest BCUT2D eigenvalue weighted by atomic mass is 79.9. The highest BCUT2D eigenvalue weighted by molar-refractivity contribution is 9.13. The van der Waals surface area contributed by atoms with Crippen molar-refractivity contribution in [1.82, 2.24) is 5.43 Å². The summed E-state index contributed by atoms with van der Waals surface area (Å²) in [5, 5.41) is 3.88. The number of halogens is 2. The van der Waals surface area contributed by atoms with Crippen molar-refractivity contribution in [3.63, 3.8) is 0 Å². The summed E-state index contributed by atoms with van der Waals surface area (Å²) in [7, 11) is 0. The van der Waals surface area contributed by atoms with Crippen molar-refractivity contribution in [2.45, 2.75) is 6.42 Å². The van der Waals surface area contributed by atoms with Crippen LogP contribution >= 0.6 is 31.9 Å². The van der Waals surface area contributed by atoms with Gasteiger partial charge in [-0.3, -0.25) is 4.79 Å². The van der Waals surface area contributed by atoms with Crippen molar-refractivity contribution in [3.05, 3.63) is 56.9 Å². The number of amides is 1. The summed E-state index contributed by atoms with van der Waals surface area (Å²) in [6.45, 7) is 0. The molecule has 0 bridgehead atoms. The molecule has 0 fully saturated rings. The number of hydrogen-bond acceptors (Lipinski definition) is 3. The quantitative estimate of drug-likeness (QED) is 0.646. The number of hydrazone groups is 1. The predicted octanol–water partition coefficient (Wildman–Crippen LogP) is 3.50. The molecule has 6 heteroatoms. The lowest BCUT2D eigenvalue weighted by Crippen LogP contribution is -2.19. The molecule has 0 saturated carbocycles. The maximum atomic E-state index is 11.6. The lowest BCUT2D eigenvalue weighted by Gasteiger charge is -1.99. The standard InChI is InChI=1S/C13H10Br2N2O2/c14-12-10(8-19-13(12)15)7-16-17-11(18)6-9-4-2-1-3-5-9/h1-5,7-8H,6H2,(H,17,18). The minimum atomic E-state index is -0.166. The molecule has 0 saturated heterocycles. The smallest absolute Gasteiger partial charge is 0.244 e. The minimum absolute atomic E-state index is 0.166. The van der Waals surface area contributed by atoms with Gasteiger partial charge in [0.25, 0.3) is 0 Å². The van der Waals surface area contributed by atoms with E-state index in [-0.39, 0.29) is 5.91 Å². The molecule has 0 atom stereocenters. The molecule has 19 heavy (non-hydrogen) atoms. The van der Waals surface area contributed by atoms with Crippen LogP contribution in [0.1, 0.15) is 11.1 Å². The average Bonchev–Trinajstić information content (AvgIpc) is 2.72. The Labute approximate surface area is 127 Å². The van der Waals surface area contributed by atoms with E-state index in [4.69, 9.17) is 4.42 Å². The number of carbonyl (C=O) groups is 1. The molecule has 2 aromatic rings. The van der Waals surface area contributed by atoms with Gasteiger partial charge in [0.1, 0.15) is 6.26 Å². The van der Waals surface area contributed by atoms with Crippen molar-refractivity contribution < 1.29 is 9.21 Å². The van der Waals surface area contributed by atoms with E-state index in [0.29, 0.717) is 11.1 Å². The molecule has 0 aliphatic heterocycles. The fourth-order valence-corrected chi connectivity index (χ4v) is 2.03. The van der Waals surface area contributed by atoms with Gasteiger partial charge in [0.2, 0.25) is 5.91 Å². The van der Waals surface area contributed by atoms with Crippen molar-refractivity contribution in [3.8, 4) is 0 Å². The van der Waals surface area contributed by atoms with Gasteiger partial charge in [-0.25, -0.2) is 5.43 Å². The molecule has 1 heterocycles. The maximum Gasteiger partial charge on any atom is 0.244 e. The summed E-state index contributed by atoms with van der Waals surface area (Å²) in [5.74, 6) is -0.166. The Kier molecular flexibility index (Phi) is 4.93.